The van der Waals surface area contributed by atoms with Gasteiger partial charge < -0.3 is 14.6 Å². The van der Waals surface area contributed by atoms with Crippen LogP contribution in [0.4, 0.5) is 0 Å². The molecule has 1 heterocycles. The molecule has 0 amide bonds. The van der Waals surface area contributed by atoms with Crippen LogP contribution in [0.3, 0.4) is 0 Å². The summed E-state index contributed by atoms with van der Waals surface area (Å²) in [5, 5.41) is 19.0. The van der Waals surface area contributed by atoms with Gasteiger partial charge in [0.25, 0.3) is 0 Å². The maximum atomic E-state index is 10.8. The number of carboxylic acids is 1. The number of hydrogen-bond acceptors (Lipinski definition) is 3. The Labute approximate surface area is 93.3 Å². The van der Waals surface area contributed by atoms with Crippen LogP contribution in [0.1, 0.15) is 16.1 Å². The molecule has 5 heteroatoms. The Morgan fingerprint density at radius 1 is 1.47 bits per heavy atom. The number of rotatable bonds is 1. The van der Waals surface area contributed by atoms with Crippen molar-refractivity contribution in [3.8, 4) is 5.75 Å². The fourth-order valence-corrected chi connectivity index (χ4v) is 1.83. The number of carboxylic acid groups (broad SMARTS) is 1. The van der Waals surface area contributed by atoms with Crippen LogP contribution in [0.25, 0.3) is 11.0 Å². The van der Waals surface area contributed by atoms with Gasteiger partial charge in [0.15, 0.2) is 0 Å². The van der Waals surface area contributed by atoms with Gasteiger partial charge in [0, 0.05) is 5.56 Å². The number of aromatic hydroxyl groups is 1. The second-order valence-electron chi connectivity index (χ2n) is 3.13. The highest BCUT2D eigenvalue weighted by Gasteiger charge is 2.19. The van der Waals surface area contributed by atoms with Crippen LogP contribution in [0.5, 0.6) is 5.75 Å². The molecule has 4 nitrogen and oxygen atoms in total. The smallest absolute Gasteiger partial charge is 0.372 e. The zero-order valence-electron chi connectivity index (χ0n) is 7.74. The van der Waals surface area contributed by atoms with Crippen molar-refractivity contribution >= 4 is 32.9 Å². The fourth-order valence-electron chi connectivity index (χ4n) is 1.50. The number of furan rings is 1. The zero-order chi connectivity index (χ0) is 11.2. The van der Waals surface area contributed by atoms with E-state index in [0.717, 1.165) is 0 Å². The van der Waals surface area contributed by atoms with E-state index in [9.17, 15) is 9.90 Å². The third-order valence-corrected chi connectivity index (χ3v) is 2.85. The number of halogens is 1. The van der Waals surface area contributed by atoms with E-state index in [1.165, 1.54) is 0 Å². The van der Waals surface area contributed by atoms with E-state index in [0.29, 0.717) is 21.0 Å². The molecular weight excluding hydrogens is 264 g/mol. The summed E-state index contributed by atoms with van der Waals surface area (Å²) in [7, 11) is 0. The molecule has 0 aliphatic carbocycles. The standard InChI is InChI=1S/C10H7BrO4/c1-4-7-6(15-9(4)10(13)14)3-2-5(11)8(7)12/h2-3,12H,1H3,(H,13,14). The summed E-state index contributed by atoms with van der Waals surface area (Å²) in [6.45, 7) is 1.60. The summed E-state index contributed by atoms with van der Waals surface area (Å²) in [6, 6.07) is 3.21. The van der Waals surface area contributed by atoms with Crippen molar-refractivity contribution in [3.05, 3.63) is 27.9 Å². The minimum atomic E-state index is -1.14. The second kappa shape index (κ2) is 3.27. The van der Waals surface area contributed by atoms with Crippen molar-refractivity contribution in [2.24, 2.45) is 0 Å². The summed E-state index contributed by atoms with van der Waals surface area (Å²) in [6.07, 6.45) is 0. The number of hydrogen-bond donors (Lipinski definition) is 2. The van der Waals surface area contributed by atoms with Gasteiger partial charge in [0.2, 0.25) is 5.76 Å². The SMILES string of the molecule is Cc1c(C(=O)O)oc2ccc(Br)c(O)c12. The Bertz CT molecular complexity index is 556. The number of fused-ring (bicyclic) bond motifs is 1. The van der Waals surface area contributed by atoms with Crippen LogP contribution in [0, 0.1) is 6.92 Å². The third kappa shape index (κ3) is 1.39. The molecule has 2 aromatic rings. The Balaban J connectivity index is 2.89. The molecule has 0 atom stereocenters. The lowest BCUT2D eigenvalue weighted by Gasteiger charge is -1.97. The molecule has 2 rings (SSSR count). The van der Waals surface area contributed by atoms with Crippen LogP contribution in [0.2, 0.25) is 0 Å². The first-order valence-electron chi connectivity index (χ1n) is 4.16. The number of phenols is 1. The van der Waals surface area contributed by atoms with E-state index in [2.05, 4.69) is 15.9 Å². The molecule has 0 saturated heterocycles. The maximum absolute atomic E-state index is 10.8. The first kappa shape index (κ1) is 10.0. The van der Waals surface area contributed by atoms with Crippen molar-refractivity contribution in [2.75, 3.05) is 0 Å². The molecule has 0 saturated carbocycles. The number of aromatic carboxylic acids is 1. The molecular formula is C10H7BrO4. The summed E-state index contributed by atoms with van der Waals surface area (Å²) in [4.78, 5) is 10.8. The largest absolute Gasteiger partial charge is 0.506 e. The maximum Gasteiger partial charge on any atom is 0.372 e. The molecule has 15 heavy (non-hydrogen) atoms. The van der Waals surface area contributed by atoms with E-state index in [4.69, 9.17) is 9.52 Å². The van der Waals surface area contributed by atoms with Gasteiger partial charge in [-0.25, -0.2) is 4.79 Å². The van der Waals surface area contributed by atoms with Gasteiger partial charge >= 0.3 is 5.97 Å². The van der Waals surface area contributed by atoms with Gasteiger partial charge in [-0.15, -0.1) is 0 Å². The molecule has 0 spiro atoms. The van der Waals surface area contributed by atoms with Gasteiger partial charge in [-0.05, 0) is 35.0 Å². The number of phenolic OH excluding ortho intramolecular Hbond substituents is 1. The normalized spacial score (nSPS) is 10.8. The minimum absolute atomic E-state index is 0.00116. The van der Waals surface area contributed by atoms with E-state index < -0.39 is 5.97 Å². The Morgan fingerprint density at radius 3 is 2.73 bits per heavy atom. The fraction of sp³-hybridized carbons (Fsp3) is 0.100. The molecule has 0 fully saturated rings. The monoisotopic (exact) mass is 270 g/mol. The molecule has 1 aromatic carbocycles. The van der Waals surface area contributed by atoms with E-state index in [1.54, 1.807) is 19.1 Å². The predicted molar refractivity (Wildman–Crippen MR) is 57.3 cm³/mol. The lowest BCUT2D eigenvalue weighted by atomic mass is 10.1. The number of aryl methyl sites for hydroxylation is 1. The van der Waals surface area contributed by atoms with Crippen molar-refractivity contribution in [3.63, 3.8) is 0 Å². The number of benzene rings is 1. The van der Waals surface area contributed by atoms with Crippen molar-refractivity contribution in [1.82, 2.24) is 0 Å². The van der Waals surface area contributed by atoms with E-state index in [1.807, 2.05) is 0 Å². The molecule has 0 radical (unpaired) electrons. The summed E-state index contributed by atoms with van der Waals surface area (Å²) >= 11 is 3.16. The van der Waals surface area contributed by atoms with Gasteiger partial charge in [-0.1, -0.05) is 0 Å². The average Bonchev–Trinajstić information content (AvgIpc) is 2.50. The molecule has 78 valence electrons. The van der Waals surface area contributed by atoms with Crippen molar-refractivity contribution in [2.45, 2.75) is 6.92 Å². The lowest BCUT2D eigenvalue weighted by Crippen LogP contribution is -1.95. The van der Waals surface area contributed by atoms with Crippen molar-refractivity contribution < 1.29 is 19.4 Å². The van der Waals surface area contributed by atoms with E-state index >= 15 is 0 Å². The van der Waals surface area contributed by atoms with Gasteiger partial charge in [-0.3, -0.25) is 0 Å². The van der Waals surface area contributed by atoms with Crippen LogP contribution in [-0.2, 0) is 0 Å². The minimum Gasteiger partial charge on any atom is -0.506 e. The highest BCUT2D eigenvalue weighted by atomic mass is 79.9. The van der Waals surface area contributed by atoms with Crippen LogP contribution < -0.4 is 0 Å². The lowest BCUT2D eigenvalue weighted by molar-refractivity contribution is 0.0664. The highest BCUT2D eigenvalue weighted by molar-refractivity contribution is 9.10. The van der Waals surface area contributed by atoms with Crippen LogP contribution in [0.15, 0.2) is 21.0 Å². The third-order valence-electron chi connectivity index (χ3n) is 2.21. The van der Waals surface area contributed by atoms with Crippen molar-refractivity contribution in [1.29, 1.82) is 0 Å². The molecule has 0 bridgehead atoms. The number of carbonyl (C=O) groups is 1. The quantitative estimate of drug-likeness (QED) is 0.836. The first-order valence-corrected chi connectivity index (χ1v) is 4.95. The Hall–Kier alpha value is -1.49. The van der Waals surface area contributed by atoms with E-state index in [-0.39, 0.29) is 11.5 Å². The summed E-state index contributed by atoms with van der Waals surface area (Å²) in [5.74, 6) is -1.28. The molecule has 0 aliphatic heterocycles. The van der Waals surface area contributed by atoms with Gasteiger partial charge in [0.1, 0.15) is 11.3 Å². The summed E-state index contributed by atoms with van der Waals surface area (Å²) in [5.41, 5.74) is 0.793. The molecule has 0 aliphatic rings. The van der Waals surface area contributed by atoms with Crippen LogP contribution >= 0.6 is 15.9 Å². The predicted octanol–water partition coefficient (Wildman–Crippen LogP) is 2.91. The highest BCUT2D eigenvalue weighted by Crippen LogP contribution is 2.37. The second-order valence-corrected chi connectivity index (χ2v) is 3.98. The molecule has 0 unspecified atom stereocenters. The molecule has 2 N–H and O–H groups in total. The van der Waals surface area contributed by atoms with Gasteiger partial charge in [0.05, 0.1) is 9.86 Å². The zero-order valence-corrected chi connectivity index (χ0v) is 9.33. The van der Waals surface area contributed by atoms with Crippen LogP contribution in [-0.4, -0.2) is 16.2 Å². The van der Waals surface area contributed by atoms with Gasteiger partial charge in [-0.2, -0.15) is 0 Å². The molecule has 1 aromatic heterocycles. The summed E-state index contributed by atoms with van der Waals surface area (Å²) < 4.78 is 5.63. The first-order chi connectivity index (χ1) is 7.02. The Morgan fingerprint density at radius 2 is 2.13 bits per heavy atom. The average molecular weight is 271 g/mol. The Kier molecular flexibility index (Phi) is 2.19. The topological polar surface area (TPSA) is 70.7 Å².